The summed E-state index contributed by atoms with van der Waals surface area (Å²) in [7, 11) is 1.51. The Hall–Kier alpha value is -2.87. The summed E-state index contributed by atoms with van der Waals surface area (Å²) in [5, 5.41) is 11.0. The number of fused-ring (bicyclic) bond motifs is 1. The first-order chi connectivity index (χ1) is 13.4. The number of rotatable bonds is 6. The molecular weight excluding hydrogens is 364 g/mol. The van der Waals surface area contributed by atoms with E-state index in [4.69, 9.17) is 9.47 Å². The van der Waals surface area contributed by atoms with Crippen molar-refractivity contribution < 1.29 is 24.0 Å². The van der Waals surface area contributed by atoms with Crippen LogP contribution in [0.15, 0.2) is 41.4 Å². The molecule has 0 saturated heterocycles. The van der Waals surface area contributed by atoms with E-state index in [0.29, 0.717) is 17.7 Å². The number of nitro benzene ring substituents is 1. The van der Waals surface area contributed by atoms with Gasteiger partial charge in [0.05, 0.1) is 23.5 Å². The molecule has 8 nitrogen and oxygen atoms in total. The quantitative estimate of drug-likeness (QED) is 0.322. The molecule has 0 saturated carbocycles. The molecule has 1 aliphatic heterocycles. The Balaban J connectivity index is 2.01. The maximum atomic E-state index is 12.8. The maximum Gasteiger partial charge on any atom is 0.315 e. The van der Waals surface area contributed by atoms with Crippen molar-refractivity contribution in [3.05, 3.63) is 52.1 Å². The third-order valence-electron chi connectivity index (χ3n) is 5.24. The average Bonchev–Trinajstić information content (AvgIpc) is 2.67. The van der Waals surface area contributed by atoms with Crippen molar-refractivity contribution in [3.63, 3.8) is 0 Å². The number of ketones is 1. The minimum atomic E-state index is -0.727. The van der Waals surface area contributed by atoms with Crippen LogP contribution in [0, 0.1) is 22.0 Å². The lowest BCUT2D eigenvalue weighted by atomic mass is 9.66. The molecule has 0 aromatic heterocycles. The largest absolute Gasteiger partial charge is 0.463 e. The molecule has 8 heteroatoms. The second kappa shape index (κ2) is 8.43. The fourth-order valence-electron chi connectivity index (χ4n) is 3.98. The molecule has 0 amide bonds. The van der Waals surface area contributed by atoms with Crippen molar-refractivity contribution in [2.75, 3.05) is 20.3 Å². The third-order valence-corrected chi connectivity index (χ3v) is 5.24. The van der Waals surface area contributed by atoms with Crippen LogP contribution in [0.25, 0.3) is 0 Å². The van der Waals surface area contributed by atoms with Gasteiger partial charge in [0.1, 0.15) is 12.5 Å². The zero-order valence-electron chi connectivity index (χ0n) is 15.7. The number of carbonyl (C=O) groups is 2. The van der Waals surface area contributed by atoms with Gasteiger partial charge in [-0.15, -0.1) is 0 Å². The summed E-state index contributed by atoms with van der Waals surface area (Å²) in [6.45, 7) is 2.14. The van der Waals surface area contributed by atoms with E-state index in [-0.39, 0.29) is 30.7 Å². The highest BCUT2D eigenvalue weighted by atomic mass is 16.6. The van der Waals surface area contributed by atoms with Crippen LogP contribution in [-0.2, 0) is 19.1 Å². The highest BCUT2D eigenvalue weighted by Gasteiger charge is 2.48. The number of carbonyl (C=O) groups excluding carboxylic acids is 2. The van der Waals surface area contributed by atoms with E-state index in [1.807, 2.05) is 0 Å². The van der Waals surface area contributed by atoms with Gasteiger partial charge in [-0.25, -0.2) is 0 Å². The van der Waals surface area contributed by atoms with Gasteiger partial charge >= 0.3 is 5.97 Å². The first-order valence-electron chi connectivity index (χ1n) is 9.08. The minimum Gasteiger partial charge on any atom is -0.463 e. The van der Waals surface area contributed by atoms with Crippen LogP contribution in [0.4, 0.5) is 5.69 Å². The number of ether oxygens (including phenoxy) is 2. The molecule has 1 aromatic carbocycles. The Labute approximate surface area is 162 Å². The maximum absolute atomic E-state index is 12.8. The van der Waals surface area contributed by atoms with Crippen molar-refractivity contribution in [2.24, 2.45) is 16.8 Å². The monoisotopic (exact) mass is 386 g/mol. The first-order valence-corrected chi connectivity index (χ1v) is 9.08. The molecule has 148 valence electrons. The van der Waals surface area contributed by atoms with Crippen LogP contribution in [0.3, 0.4) is 0 Å². The first kappa shape index (κ1) is 19.9. The molecule has 0 N–H and O–H groups in total. The highest BCUT2D eigenvalue weighted by molar-refractivity contribution is 6.05. The molecule has 0 spiro atoms. The molecule has 28 heavy (non-hydrogen) atoms. The van der Waals surface area contributed by atoms with Gasteiger partial charge in [0.15, 0.2) is 5.78 Å². The molecule has 1 unspecified atom stereocenters. The number of nitrogens with zero attached hydrogens (tertiary/aromatic N) is 2. The Morgan fingerprint density at radius 1 is 1.25 bits per heavy atom. The van der Waals surface area contributed by atoms with Crippen LogP contribution in [0.2, 0.25) is 0 Å². The normalized spacial score (nSPS) is 26.4. The summed E-state index contributed by atoms with van der Waals surface area (Å²) in [5.41, 5.74) is 1.25. The number of methoxy groups -OCH3 is 1. The summed E-state index contributed by atoms with van der Waals surface area (Å²) in [6, 6.07) is 5.75. The van der Waals surface area contributed by atoms with Gasteiger partial charge in [0, 0.05) is 30.9 Å². The van der Waals surface area contributed by atoms with Gasteiger partial charge in [-0.05, 0) is 25.0 Å². The van der Waals surface area contributed by atoms with Crippen LogP contribution in [0.1, 0.15) is 24.8 Å². The van der Waals surface area contributed by atoms with E-state index in [0.717, 1.165) is 0 Å². The van der Waals surface area contributed by atoms with Gasteiger partial charge < -0.3 is 9.47 Å². The van der Waals surface area contributed by atoms with Crippen molar-refractivity contribution >= 4 is 23.2 Å². The highest BCUT2D eigenvalue weighted by Crippen LogP contribution is 2.43. The van der Waals surface area contributed by atoms with Crippen molar-refractivity contribution in [3.8, 4) is 0 Å². The summed E-state index contributed by atoms with van der Waals surface area (Å²) < 4.78 is 10.3. The number of esters is 1. The van der Waals surface area contributed by atoms with E-state index < -0.39 is 28.6 Å². The molecule has 0 fully saturated rings. The lowest BCUT2D eigenvalue weighted by Crippen LogP contribution is -2.46. The summed E-state index contributed by atoms with van der Waals surface area (Å²) in [4.78, 5) is 40.6. The van der Waals surface area contributed by atoms with Crippen molar-refractivity contribution in [2.45, 2.75) is 25.3 Å². The Kier molecular flexibility index (Phi) is 5.99. The van der Waals surface area contributed by atoms with Crippen molar-refractivity contribution in [1.82, 2.24) is 0 Å². The predicted molar refractivity (Wildman–Crippen MR) is 101 cm³/mol. The van der Waals surface area contributed by atoms with Gasteiger partial charge in [0.2, 0.25) is 0 Å². The van der Waals surface area contributed by atoms with E-state index in [2.05, 4.69) is 4.99 Å². The molecule has 1 aliphatic carbocycles. The SMILES string of the molecule is COCCOC(=O)C1C(C)=N[C@H]2CC=CC(=O)[C@H]2[C@H]1c1ccc([N+](=O)[O-])cc1. The number of allylic oxidation sites excluding steroid dienone is 1. The van der Waals surface area contributed by atoms with Crippen LogP contribution >= 0.6 is 0 Å². The number of hydrogen-bond donors (Lipinski definition) is 0. The molecule has 0 bridgehead atoms. The van der Waals surface area contributed by atoms with Gasteiger partial charge in [-0.3, -0.25) is 24.7 Å². The lowest BCUT2D eigenvalue weighted by Gasteiger charge is -2.40. The topological polar surface area (TPSA) is 108 Å². The second-order valence-electron chi connectivity index (χ2n) is 6.92. The number of aliphatic imine (C=N–C) groups is 1. The zero-order chi connectivity index (χ0) is 20.3. The lowest BCUT2D eigenvalue weighted by molar-refractivity contribution is -0.384. The van der Waals surface area contributed by atoms with Crippen LogP contribution < -0.4 is 0 Å². The molecule has 0 radical (unpaired) electrons. The van der Waals surface area contributed by atoms with E-state index >= 15 is 0 Å². The third kappa shape index (κ3) is 3.87. The van der Waals surface area contributed by atoms with Crippen molar-refractivity contribution in [1.29, 1.82) is 0 Å². The minimum absolute atomic E-state index is 0.0458. The van der Waals surface area contributed by atoms with E-state index in [1.165, 1.54) is 25.3 Å². The average molecular weight is 386 g/mol. The molecule has 1 aromatic rings. The van der Waals surface area contributed by atoms with Crippen LogP contribution in [-0.4, -0.2) is 48.8 Å². The molecular formula is C20H22N2O6. The smallest absolute Gasteiger partial charge is 0.315 e. The fourth-order valence-corrected chi connectivity index (χ4v) is 3.98. The van der Waals surface area contributed by atoms with Gasteiger partial charge in [-0.1, -0.05) is 18.2 Å². The fraction of sp³-hybridized carbons (Fsp3) is 0.450. The van der Waals surface area contributed by atoms with Crippen LogP contribution in [0.5, 0.6) is 0 Å². The van der Waals surface area contributed by atoms with Gasteiger partial charge in [-0.2, -0.15) is 0 Å². The van der Waals surface area contributed by atoms with E-state index in [9.17, 15) is 19.7 Å². The molecule has 1 heterocycles. The summed E-state index contributed by atoms with van der Waals surface area (Å²) in [5.74, 6) is -2.28. The Morgan fingerprint density at radius 2 is 1.96 bits per heavy atom. The summed E-state index contributed by atoms with van der Waals surface area (Å²) in [6.07, 6.45) is 3.94. The predicted octanol–water partition coefficient (Wildman–Crippen LogP) is 2.47. The molecule has 2 aliphatic rings. The summed E-state index contributed by atoms with van der Waals surface area (Å²) >= 11 is 0. The van der Waals surface area contributed by atoms with E-state index in [1.54, 1.807) is 25.1 Å². The Bertz CT molecular complexity index is 830. The number of hydrogen-bond acceptors (Lipinski definition) is 7. The zero-order valence-corrected chi connectivity index (χ0v) is 15.7. The molecule has 3 rings (SSSR count). The molecule has 4 atom stereocenters. The second-order valence-corrected chi connectivity index (χ2v) is 6.92. The number of non-ortho nitro benzene ring substituents is 1. The number of benzene rings is 1. The Morgan fingerprint density at radius 3 is 2.61 bits per heavy atom. The number of nitro groups is 1. The standard InChI is InChI=1S/C20H22N2O6/c1-12-17(20(24)28-11-10-27-2)18(13-6-8-14(9-7-13)22(25)26)19-15(21-12)4-3-5-16(19)23/h3,5-9,15,17-19H,4,10-11H2,1-2H3/t15-,17?,18-,19-/m0/s1. The van der Waals surface area contributed by atoms with Gasteiger partial charge in [0.25, 0.3) is 5.69 Å².